The Balaban J connectivity index is 1.52. The molecule has 6 nitrogen and oxygen atoms in total. The molecule has 29 heavy (non-hydrogen) atoms. The fourth-order valence-electron chi connectivity index (χ4n) is 3.64. The van der Waals surface area contributed by atoms with Crippen molar-refractivity contribution in [2.75, 3.05) is 24.6 Å². The fraction of sp³-hybridized carbons (Fsp3) is 0.500. The molecule has 0 saturated carbocycles. The van der Waals surface area contributed by atoms with E-state index >= 15 is 0 Å². The number of rotatable bonds is 9. The molecule has 158 valence electrons. The number of carbonyl (C=O) groups is 1. The monoisotopic (exact) mass is 418 g/mol. The van der Waals surface area contributed by atoms with Crippen LogP contribution in [0.2, 0.25) is 0 Å². The average Bonchev–Trinajstić information content (AvgIpc) is 3.30. The SMILES string of the molecule is CC(C)c1ccc(CCNC(=O)CN(Cc2ccco2)C2CCS(=O)(=O)C2)cc1. The zero-order valence-electron chi connectivity index (χ0n) is 17.1. The lowest BCUT2D eigenvalue weighted by Crippen LogP contribution is -2.43. The van der Waals surface area contributed by atoms with E-state index in [1.54, 1.807) is 12.3 Å². The van der Waals surface area contributed by atoms with Crippen LogP contribution in [0.15, 0.2) is 47.1 Å². The summed E-state index contributed by atoms with van der Waals surface area (Å²) < 4.78 is 29.2. The molecule has 3 rings (SSSR count). The molecule has 1 amide bonds. The molecular formula is C22H30N2O4S. The van der Waals surface area contributed by atoms with E-state index in [0.29, 0.717) is 25.4 Å². The Hall–Kier alpha value is -2.12. The van der Waals surface area contributed by atoms with Gasteiger partial charge in [-0.15, -0.1) is 0 Å². The molecule has 1 atom stereocenters. The van der Waals surface area contributed by atoms with Crippen molar-refractivity contribution in [3.05, 3.63) is 59.5 Å². The van der Waals surface area contributed by atoms with Gasteiger partial charge in [-0.05, 0) is 42.0 Å². The van der Waals surface area contributed by atoms with Gasteiger partial charge in [-0.2, -0.15) is 0 Å². The topological polar surface area (TPSA) is 79.6 Å². The molecule has 1 aromatic carbocycles. The second-order valence-electron chi connectivity index (χ2n) is 8.04. The van der Waals surface area contributed by atoms with Crippen LogP contribution in [0, 0.1) is 0 Å². The van der Waals surface area contributed by atoms with E-state index in [1.165, 1.54) is 11.1 Å². The zero-order chi connectivity index (χ0) is 20.9. The van der Waals surface area contributed by atoms with Gasteiger partial charge in [0.05, 0.1) is 30.9 Å². The second-order valence-corrected chi connectivity index (χ2v) is 10.3. The highest BCUT2D eigenvalue weighted by Gasteiger charge is 2.33. The van der Waals surface area contributed by atoms with Gasteiger partial charge in [-0.3, -0.25) is 9.69 Å². The van der Waals surface area contributed by atoms with Gasteiger partial charge in [0, 0.05) is 12.6 Å². The van der Waals surface area contributed by atoms with Crippen LogP contribution in [0.3, 0.4) is 0 Å². The molecule has 0 spiro atoms. The molecule has 1 unspecified atom stereocenters. The quantitative estimate of drug-likeness (QED) is 0.677. The lowest BCUT2D eigenvalue weighted by molar-refractivity contribution is -0.122. The van der Waals surface area contributed by atoms with Gasteiger partial charge in [0.15, 0.2) is 9.84 Å². The summed E-state index contributed by atoms with van der Waals surface area (Å²) in [4.78, 5) is 14.4. The van der Waals surface area contributed by atoms with Crippen molar-refractivity contribution in [1.29, 1.82) is 0 Å². The predicted octanol–water partition coefficient (Wildman–Crippen LogP) is 2.75. The number of nitrogens with zero attached hydrogens (tertiary/aromatic N) is 1. The number of hydrogen-bond acceptors (Lipinski definition) is 5. The van der Waals surface area contributed by atoms with Crippen LogP contribution in [0.1, 0.15) is 43.1 Å². The largest absolute Gasteiger partial charge is 0.468 e. The fourth-order valence-corrected chi connectivity index (χ4v) is 5.40. The van der Waals surface area contributed by atoms with Crippen molar-refractivity contribution in [3.8, 4) is 0 Å². The first kappa shape index (κ1) is 21.6. The Labute approximate surface area is 173 Å². The Morgan fingerprint density at radius 2 is 2.00 bits per heavy atom. The summed E-state index contributed by atoms with van der Waals surface area (Å²) in [6.45, 7) is 5.47. The molecule has 1 aliphatic heterocycles. The van der Waals surface area contributed by atoms with Crippen molar-refractivity contribution in [3.63, 3.8) is 0 Å². The van der Waals surface area contributed by atoms with Crippen molar-refractivity contribution in [1.82, 2.24) is 10.2 Å². The standard InChI is InChI=1S/C22H30N2O4S/c1-17(2)19-7-5-18(6-8-19)9-11-23-22(25)15-24(14-21-4-3-12-28-21)20-10-13-29(26,27)16-20/h3-8,12,17,20H,9-11,13-16H2,1-2H3,(H,23,25). The molecule has 0 aliphatic carbocycles. The van der Waals surface area contributed by atoms with Crippen LogP contribution < -0.4 is 5.32 Å². The summed E-state index contributed by atoms with van der Waals surface area (Å²) in [7, 11) is -3.02. The number of furan rings is 1. The number of sulfone groups is 1. The maximum atomic E-state index is 12.5. The Morgan fingerprint density at radius 1 is 1.24 bits per heavy atom. The number of hydrogen-bond donors (Lipinski definition) is 1. The molecular weight excluding hydrogens is 388 g/mol. The normalized spacial score (nSPS) is 18.4. The van der Waals surface area contributed by atoms with Crippen LogP contribution in [-0.4, -0.2) is 49.9 Å². The lowest BCUT2D eigenvalue weighted by Gasteiger charge is -2.26. The number of benzene rings is 1. The molecule has 0 bridgehead atoms. The molecule has 1 aromatic heterocycles. The summed E-state index contributed by atoms with van der Waals surface area (Å²) in [6, 6.07) is 12.0. The van der Waals surface area contributed by atoms with Crippen molar-refractivity contribution in [2.24, 2.45) is 0 Å². The molecule has 2 heterocycles. The molecule has 1 fully saturated rings. The number of amides is 1. The van der Waals surface area contributed by atoms with E-state index in [9.17, 15) is 13.2 Å². The van der Waals surface area contributed by atoms with E-state index in [-0.39, 0.29) is 30.0 Å². The Kier molecular flexibility index (Phi) is 7.14. The maximum absolute atomic E-state index is 12.5. The van der Waals surface area contributed by atoms with E-state index in [0.717, 1.165) is 12.2 Å². The lowest BCUT2D eigenvalue weighted by atomic mass is 10.0. The van der Waals surface area contributed by atoms with Crippen LogP contribution in [0.4, 0.5) is 0 Å². The molecule has 2 aromatic rings. The third kappa shape index (κ3) is 6.44. The van der Waals surface area contributed by atoms with E-state index in [1.807, 2.05) is 11.0 Å². The smallest absolute Gasteiger partial charge is 0.234 e. The van der Waals surface area contributed by atoms with Crippen LogP contribution in [0.25, 0.3) is 0 Å². The highest BCUT2D eigenvalue weighted by atomic mass is 32.2. The van der Waals surface area contributed by atoms with E-state index in [2.05, 4.69) is 43.4 Å². The first-order chi connectivity index (χ1) is 13.8. The van der Waals surface area contributed by atoms with Gasteiger partial charge < -0.3 is 9.73 Å². The molecule has 1 saturated heterocycles. The first-order valence-electron chi connectivity index (χ1n) is 10.1. The van der Waals surface area contributed by atoms with Crippen molar-refractivity contribution in [2.45, 2.75) is 45.2 Å². The molecule has 0 radical (unpaired) electrons. The van der Waals surface area contributed by atoms with Gasteiger partial charge in [-0.25, -0.2) is 8.42 Å². The first-order valence-corrected chi connectivity index (χ1v) is 12.0. The number of carbonyl (C=O) groups excluding carboxylic acids is 1. The summed E-state index contributed by atoms with van der Waals surface area (Å²) in [5.41, 5.74) is 2.49. The maximum Gasteiger partial charge on any atom is 0.234 e. The summed E-state index contributed by atoms with van der Waals surface area (Å²) >= 11 is 0. The van der Waals surface area contributed by atoms with Gasteiger partial charge in [0.1, 0.15) is 5.76 Å². The zero-order valence-corrected chi connectivity index (χ0v) is 18.0. The van der Waals surface area contributed by atoms with Crippen molar-refractivity contribution >= 4 is 15.7 Å². The third-order valence-corrected chi connectivity index (χ3v) is 7.14. The minimum atomic E-state index is -3.02. The summed E-state index contributed by atoms with van der Waals surface area (Å²) in [5, 5.41) is 2.96. The average molecular weight is 419 g/mol. The minimum absolute atomic E-state index is 0.0975. The second kappa shape index (κ2) is 9.59. The molecule has 7 heteroatoms. The van der Waals surface area contributed by atoms with Gasteiger partial charge >= 0.3 is 0 Å². The van der Waals surface area contributed by atoms with Crippen LogP contribution in [0.5, 0.6) is 0 Å². The highest BCUT2D eigenvalue weighted by Crippen LogP contribution is 2.20. The van der Waals surface area contributed by atoms with Crippen LogP contribution >= 0.6 is 0 Å². The highest BCUT2D eigenvalue weighted by molar-refractivity contribution is 7.91. The Bertz CT molecular complexity index is 889. The van der Waals surface area contributed by atoms with E-state index < -0.39 is 9.84 Å². The Morgan fingerprint density at radius 3 is 2.59 bits per heavy atom. The van der Waals surface area contributed by atoms with Gasteiger partial charge in [0.2, 0.25) is 5.91 Å². The minimum Gasteiger partial charge on any atom is -0.468 e. The van der Waals surface area contributed by atoms with Gasteiger partial charge in [0.25, 0.3) is 0 Å². The van der Waals surface area contributed by atoms with Crippen molar-refractivity contribution < 1.29 is 17.6 Å². The number of nitrogens with one attached hydrogen (secondary N) is 1. The predicted molar refractivity (Wildman–Crippen MR) is 113 cm³/mol. The summed E-state index contributed by atoms with van der Waals surface area (Å²) in [6.07, 6.45) is 2.90. The van der Waals surface area contributed by atoms with Crippen LogP contribution in [-0.2, 0) is 27.6 Å². The molecule has 1 aliphatic rings. The molecule has 1 N–H and O–H groups in total. The summed E-state index contributed by atoms with van der Waals surface area (Å²) in [5.74, 6) is 1.42. The van der Waals surface area contributed by atoms with Gasteiger partial charge in [-0.1, -0.05) is 38.1 Å². The van der Waals surface area contributed by atoms with E-state index in [4.69, 9.17) is 4.42 Å². The third-order valence-electron chi connectivity index (χ3n) is 5.39.